The molecule has 0 aromatic heterocycles. The summed E-state index contributed by atoms with van der Waals surface area (Å²) in [6.07, 6.45) is 0.870. The largest absolute Gasteiger partial charge is 0.480 e. The number of rotatable bonds is 2. The van der Waals surface area contributed by atoms with E-state index in [1.54, 1.807) is 0 Å². The lowest BCUT2D eigenvalue weighted by atomic mass is 9.99. The van der Waals surface area contributed by atoms with Gasteiger partial charge in [0.05, 0.1) is 6.54 Å². The Morgan fingerprint density at radius 3 is 2.21 bits per heavy atom. The Labute approximate surface area is 112 Å². The third kappa shape index (κ3) is 3.16. The number of carbonyl (C=O) groups is 2. The molecule has 1 amide bonds. The highest BCUT2D eigenvalue weighted by molar-refractivity contribution is 5.75. The number of carboxylic acid groups (broad SMARTS) is 2. The highest BCUT2D eigenvalue weighted by atomic mass is 16.4. The summed E-state index contributed by atoms with van der Waals surface area (Å²) in [6.45, 7) is 2.91. The summed E-state index contributed by atoms with van der Waals surface area (Å²) in [5.74, 6) is -0.926. The number of amides is 1. The summed E-state index contributed by atoms with van der Waals surface area (Å²) in [7, 11) is 2.06. The summed E-state index contributed by atoms with van der Waals surface area (Å²) < 4.78 is 0. The van der Waals surface area contributed by atoms with Crippen LogP contribution in [0.4, 0.5) is 4.79 Å². The Hall–Kier alpha value is -1.34. The van der Waals surface area contributed by atoms with Crippen molar-refractivity contribution >= 4 is 12.1 Å². The van der Waals surface area contributed by atoms with Crippen molar-refractivity contribution in [2.24, 2.45) is 0 Å². The fraction of sp³-hybridized carbons (Fsp3) is 0.833. The maximum Gasteiger partial charge on any atom is 0.407 e. The van der Waals surface area contributed by atoms with Gasteiger partial charge in [-0.25, -0.2) is 4.79 Å². The van der Waals surface area contributed by atoms with E-state index in [0.29, 0.717) is 13.1 Å². The van der Waals surface area contributed by atoms with E-state index in [4.69, 9.17) is 5.11 Å². The Morgan fingerprint density at radius 1 is 1.05 bits per heavy atom. The van der Waals surface area contributed by atoms with Gasteiger partial charge < -0.3 is 20.0 Å². The van der Waals surface area contributed by atoms with Crippen molar-refractivity contribution in [3.8, 4) is 0 Å². The number of nitrogens with zero attached hydrogens (tertiary/aromatic N) is 3. The third-order valence-electron chi connectivity index (χ3n) is 4.13. The Morgan fingerprint density at radius 2 is 1.68 bits per heavy atom. The Balaban J connectivity index is 2.03. The van der Waals surface area contributed by atoms with E-state index in [-0.39, 0.29) is 12.6 Å². The van der Waals surface area contributed by atoms with Gasteiger partial charge in [0.1, 0.15) is 6.04 Å². The van der Waals surface area contributed by atoms with Gasteiger partial charge in [-0.1, -0.05) is 0 Å². The molecule has 2 fully saturated rings. The zero-order valence-electron chi connectivity index (χ0n) is 11.2. The van der Waals surface area contributed by atoms with Gasteiger partial charge in [0, 0.05) is 19.1 Å². The summed E-state index contributed by atoms with van der Waals surface area (Å²) >= 11 is 0. The SMILES string of the molecule is CN1CCC(N2CCN(C(=O)O)C[C@H]2C(=O)O)CC1. The molecule has 0 saturated carbocycles. The molecule has 0 aliphatic carbocycles. The second-order valence-electron chi connectivity index (χ2n) is 5.35. The van der Waals surface area contributed by atoms with Crippen LogP contribution in [0.3, 0.4) is 0 Å². The number of likely N-dealkylation sites (tertiary alicyclic amines) is 1. The van der Waals surface area contributed by atoms with Gasteiger partial charge in [-0.05, 0) is 33.0 Å². The van der Waals surface area contributed by atoms with E-state index >= 15 is 0 Å². The molecule has 2 rings (SSSR count). The van der Waals surface area contributed by atoms with Crippen LogP contribution >= 0.6 is 0 Å². The van der Waals surface area contributed by atoms with E-state index in [2.05, 4.69) is 11.9 Å². The van der Waals surface area contributed by atoms with E-state index < -0.39 is 18.1 Å². The standard InChI is InChI=1S/C12H21N3O4/c1-13-4-2-9(3-5-13)15-7-6-14(12(18)19)8-10(15)11(16)17/h9-10H,2-8H2,1H3,(H,16,17)(H,18,19)/t10-/m0/s1. The zero-order chi connectivity index (χ0) is 14.0. The molecule has 2 heterocycles. The van der Waals surface area contributed by atoms with Crippen LogP contribution in [0, 0.1) is 0 Å². The summed E-state index contributed by atoms with van der Waals surface area (Å²) in [6, 6.07) is -0.452. The van der Waals surface area contributed by atoms with Crippen LogP contribution in [-0.2, 0) is 4.79 Å². The monoisotopic (exact) mass is 271 g/mol. The lowest BCUT2D eigenvalue weighted by molar-refractivity contribution is -0.147. The summed E-state index contributed by atoms with van der Waals surface area (Å²) in [5, 5.41) is 18.3. The first-order valence-electron chi connectivity index (χ1n) is 6.64. The molecule has 2 aliphatic rings. The van der Waals surface area contributed by atoms with Crippen molar-refractivity contribution in [3.63, 3.8) is 0 Å². The minimum atomic E-state index is -1.03. The van der Waals surface area contributed by atoms with E-state index in [0.717, 1.165) is 25.9 Å². The second-order valence-corrected chi connectivity index (χ2v) is 5.35. The molecule has 2 saturated heterocycles. The number of carboxylic acids is 1. The maximum atomic E-state index is 11.4. The molecule has 0 spiro atoms. The normalized spacial score (nSPS) is 27.4. The zero-order valence-corrected chi connectivity index (χ0v) is 11.2. The molecule has 0 aromatic rings. The molecule has 2 N–H and O–H groups in total. The quantitative estimate of drug-likeness (QED) is 0.725. The smallest absolute Gasteiger partial charge is 0.407 e. The molecule has 0 bridgehead atoms. The average Bonchev–Trinajstić information content (AvgIpc) is 2.38. The molecule has 0 aromatic carbocycles. The number of aliphatic carboxylic acids is 1. The van der Waals surface area contributed by atoms with Gasteiger partial charge in [-0.3, -0.25) is 9.69 Å². The van der Waals surface area contributed by atoms with E-state index in [9.17, 15) is 14.7 Å². The fourth-order valence-corrected chi connectivity index (χ4v) is 2.95. The minimum absolute atomic E-state index is 0.0665. The molecule has 1 atom stereocenters. The van der Waals surface area contributed by atoms with Crippen molar-refractivity contribution in [3.05, 3.63) is 0 Å². The first kappa shape index (κ1) is 14.1. The van der Waals surface area contributed by atoms with Gasteiger partial charge in [-0.15, -0.1) is 0 Å². The van der Waals surface area contributed by atoms with Crippen LogP contribution in [0.2, 0.25) is 0 Å². The van der Waals surface area contributed by atoms with Crippen LogP contribution in [0.5, 0.6) is 0 Å². The Bertz CT molecular complexity index is 355. The molecule has 7 nitrogen and oxygen atoms in total. The first-order valence-corrected chi connectivity index (χ1v) is 6.64. The van der Waals surface area contributed by atoms with Crippen LogP contribution < -0.4 is 0 Å². The molecule has 7 heteroatoms. The van der Waals surface area contributed by atoms with Crippen molar-refractivity contribution in [1.29, 1.82) is 0 Å². The van der Waals surface area contributed by atoms with Crippen LogP contribution in [0.15, 0.2) is 0 Å². The molecule has 0 radical (unpaired) electrons. The van der Waals surface area contributed by atoms with Crippen molar-refractivity contribution in [1.82, 2.24) is 14.7 Å². The molecular weight excluding hydrogens is 250 g/mol. The number of hydrogen-bond donors (Lipinski definition) is 2. The van der Waals surface area contributed by atoms with Crippen LogP contribution in [-0.4, -0.2) is 88.8 Å². The maximum absolute atomic E-state index is 11.4. The molecule has 0 unspecified atom stereocenters. The predicted octanol–water partition coefficient (Wildman–Crippen LogP) is -0.171. The number of hydrogen-bond acceptors (Lipinski definition) is 4. The number of piperidine rings is 1. The summed E-state index contributed by atoms with van der Waals surface area (Å²) in [5.41, 5.74) is 0. The van der Waals surface area contributed by atoms with Crippen LogP contribution in [0.25, 0.3) is 0 Å². The van der Waals surface area contributed by atoms with Gasteiger partial charge in [0.2, 0.25) is 0 Å². The highest BCUT2D eigenvalue weighted by Gasteiger charge is 2.38. The lowest BCUT2D eigenvalue weighted by Crippen LogP contribution is -2.61. The van der Waals surface area contributed by atoms with Crippen LogP contribution in [0.1, 0.15) is 12.8 Å². The molecule has 108 valence electrons. The third-order valence-corrected chi connectivity index (χ3v) is 4.13. The van der Waals surface area contributed by atoms with Gasteiger partial charge >= 0.3 is 12.1 Å². The first-order chi connectivity index (χ1) is 8.99. The molecule has 2 aliphatic heterocycles. The molecular formula is C12H21N3O4. The number of piperazine rings is 1. The topological polar surface area (TPSA) is 84.3 Å². The van der Waals surface area contributed by atoms with E-state index in [1.165, 1.54) is 4.90 Å². The summed E-state index contributed by atoms with van der Waals surface area (Å²) in [4.78, 5) is 27.7. The van der Waals surface area contributed by atoms with Gasteiger partial charge in [0.25, 0.3) is 0 Å². The average molecular weight is 271 g/mol. The highest BCUT2D eigenvalue weighted by Crippen LogP contribution is 2.21. The molecule has 19 heavy (non-hydrogen) atoms. The van der Waals surface area contributed by atoms with Gasteiger partial charge in [-0.2, -0.15) is 0 Å². The Kier molecular flexibility index (Phi) is 4.26. The second kappa shape index (κ2) is 5.75. The van der Waals surface area contributed by atoms with E-state index in [1.807, 2.05) is 4.90 Å². The van der Waals surface area contributed by atoms with Crippen molar-refractivity contribution in [2.45, 2.75) is 24.9 Å². The predicted molar refractivity (Wildman–Crippen MR) is 68.2 cm³/mol. The fourth-order valence-electron chi connectivity index (χ4n) is 2.95. The minimum Gasteiger partial charge on any atom is -0.480 e. The van der Waals surface area contributed by atoms with Crippen molar-refractivity contribution < 1.29 is 19.8 Å². The van der Waals surface area contributed by atoms with Crippen molar-refractivity contribution in [2.75, 3.05) is 39.8 Å². The van der Waals surface area contributed by atoms with Gasteiger partial charge in [0.15, 0.2) is 0 Å². The lowest BCUT2D eigenvalue weighted by Gasteiger charge is -2.44.